The van der Waals surface area contributed by atoms with E-state index in [9.17, 15) is 8.42 Å². The number of anilines is 2. The molecule has 0 atom stereocenters. The van der Waals surface area contributed by atoms with Crippen molar-refractivity contribution in [3.63, 3.8) is 0 Å². The van der Waals surface area contributed by atoms with E-state index in [1.54, 1.807) is 24.3 Å². The van der Waals surface area contributed by atoms with Crippen LogP contribution in [0, 0.1) is 0 Å². The molecule has 3 nitrogen and oxygen atoms in total. The molecule has 0 saturated heterocycles. The van der Waals surface area contributed by atoms with Gasteiger partial charge in [-0.1, -0.05) is 39.0 Å². The molecule has 0 spiro atoms. The molecular weight excluding hydrogens is 270 g/mol. The smallest absolute Gasteiger partial charge is 0.210 e. The molecule has 4 heteroatoms. The zero-order valence-electron chi connectivity index (χ0n) is 11.8. The van der Waals surface area contributed by atoms with Crippen LogP contribution in [0.3, 0.4) is 0 Å². The van der Waals surface area contributed by atoms with Gasteiger partial charge in [-0.25, -0.2) is 8.42 Å². The highest BCUT2D eigenvalue weighted by atomic mass is 32.2. The Morgan fingerprint density at radius 3 is 2.25 bits per heavy atom. The van der Waals surface area contributed by atoms with E-state index in [0.29, 0.717) is 21.2 Å². The average Bonchev–Trinajstić information content (AvgIpc) is 2.37. The molecule has 2 aromatic carbocycles. The van der Waals surface area contributed by atoms with Crippen LogP contribution in [0.2, 0.25) is 0 Å². The summed E-state index contributed by atoms with van der Waals surface area (Å²) in [6.45, 7) is 6.22. The Labute approximate surface area is 119 Å². The van der Waals surface area contributed by atoms with Gasteiger partial charge in [0, 0.05) is 0 Å². The molecule has 3 rings (SSSR count). The van der Waals surface area contributed by atoms with Crippen LogP contribution in [0.1, 0.15) is 26.3 Å². The molecule has 104 valence electrons. The molecule has 0 radical (unpaired) electrons. The molecule has 1 heterocycles. The van der Waals surface area contributed by atoms with E-state index in [0.717, 1.165) is 5.56 Å². The topological polar surface area (TPSA) is 46.2 Å². The SMILES string of the molecule is CC(C)(C)c1ccc2c(c1)S(=O)(=O)c1ccccc1N2. The number of para-hydroxylation sites is 1. The van der Waals surface area contributed by atoms with Crippen molar-refractivity contribution in [2.45, 2.75) is 36.0 Å². The van der Waals surface area contributed by atoms with E-state index in [1.807, 2.05) is 18.2 Å². The third-order valence-corrected chi connectivity index (χ3v) is 5.43. The summed E-state index contributed by atoms with van der Waals surface area (Å²) in [6, 6.07) is 12.6. The second-order valence-corrected chi connectivity index (χ2v) is 7.97. The van der Waals surface area contributed by atoms with E-state index in [2.05, 4.69) is 26.1 Å². The number of hydrogen-bond donors (Lipinski definition) is 1. The lowest BCUT2D eigenvalue weighted by molar-refractivity contribution is 0.583. The first-order valence-corrected chi connectivity index (χ1v) is 8.04. The summed E-state index contributed by atoms with van der Waals surface area (Å²) in [6.07, 6.45) is 0. The maximum atomic E-state index is 12.7. The van der Waals surface area contributed by atoms with Crippen LogP contribution in [0.5, 0.6) is 0 Å². The molecule has 1 aliphatic rings. The predicted molar refractivity (Wildman–Crippen MR) is 80.3 cm³/mol. The fraction of sp³-hybridized carbons (Fsp3) is 0.250. The lowest BCUT2D eigenvalue weighted by Crippen LogP contribution is -2.17. The zero-order chi connectivity index (χ0) is 14.5. The highest BCUT2D eigenvalue weighted by Crippen LogP contribution is 2.40. The third-order valence-electron chi connectivity index (χ3n) is 3.58. The molecule has 0 fully saturated rings. The summed E-state index contributed by atoms with van der Waals surface area (Å²) in [5.41, 5.74) is 2.22. The summed E-state index contributed by atoms with van der Waals surface area (Å²) in [4.78, 5) is 0.710. The van der Waals surface area contributed by atoms with E-state index in [1.165, 1.54) is 0 Å². The Morgan fingerprint density at radius 1 is 0.900 bits per heavy atom. The number of nitrogens with one attached hydrogen (secondary N) is 1. The summed E-state index contributed by atoms with van der Waals surface area (Å²) >= 11 is 0. The first-order chi connectivity index (χ1) is 9.30. The van der Waals surface area contributed by atoms with Gasteiger partial charge in [0.25, 0.3) is 0 Å². The van der Waals surface area contributed by atoms with Crippen LogP contribution in [0.4, 0.5) is 11.4 Å². The molecule has 0 bridgehead atoms. The second-order valence-electron chi connectivity index (χ2n) is 6.09. The van der Waals surface area contributed by atoms with Gasteiger partial charge in [-0.15, -0.1) is 0 Å². The molecule has 0 amide bonds. The number of fused-ring (bicyclic) bond motifs is 2. The highest BCUT2D eigenvalue weighted by Gasteiger charge is 2.30. The van der Waals surface area contributed by atoms with Gasteiger partial charge in [0.2, 0.25) is 9.84 Å². The first kappa shape index (κ1) is 13.2. The minimum atomic E-state index is -3.45. The van der Waals surface area contributed by atoms with Crippen molar-refractivity contribution in [2.75, 3.05) is 5.32 Å². The van der Waals surface area contributed by atoms with Crippen LogP contribution >= 0.6 is 0 Å². The molecule has 1 aliphatic heterocycles. The summed E-state index contributed by atoms with van der Waals surface area (Å²) in [7, 11) is -3.45. The fourth-order valence-electron chi connectivity index (χ4n) is 2.38. The van der Waals surface area contributed by atoms with Crippen LogP contribution in [-0.4, -0.2) is 8.42 Å². The molecular formula is C16H17NO2S. The van der Waals surface area contributed by atoms with Crippen molar-refractivity contribution in [3.05, 3.63) is 48.0 Å². The Hall–Kier alpha value is -1.81. The third kappa shape index (κ3) is 1.91. The van der Waals surface area contributed by atoms with Crippen molar-refractivity contribution in [3.8, 4) is 0 Å². The van der Waals surface area contributed by atoms with E-state index in [4.69, 9.17) is 0 Å². The number of benzene rings is 2. The van der Waals surface area contributed by atoms with Gasteiger partial charge in [0.15, 0.2) is 0 Å². The van der Waals surface area contributed by atoms with Crippen LogP contribution in [-0.2, 0) is 15.3 Å². The summed E-state index contributed by atoms with van der Waals surface area (Å²) in [5.74, 6) is 0. The van der Waals surface area contributed by atoms with Crippen LogP contribution in [0.25, 0.3) is 0 Å². The zero-order valence-corrected chi connectivity index (χ0v) is 12.6. The quantitative estimate of drug-likeness (QED) is 0.682. The van der Waals surface area contributed by atoms with Gasteiger partial charge < -0.3 is 5.32 Å². The second kappa shape index (κ2) is 4.09. The van der Waals surface area contributed by atoms with Gasteiger partial charge in [0.05, 0.1) is 21.2 Å². The van der Waals surface area contributed by atoms with Crippen molar-refractivity contribution in [1.82, 2.24) is 0 Å². The Kier molecular flexibility index (Phi) is 2.70. The van der Waals surface area contributed by atoms with Gasteiger partial charge in [-0.2, -0.15) is 0 Å². The minimum Gasteiger partial charge on any atom is -0.353 e. The largest absolute Gasteiger partial charge is 0.353 e. The summed E-state index contributed by atoms with van der Waals surface area (Å²) in [5, 5.41) is 3.20. The molecule has 0 aliphatic carbocycles. The van der Waals surface area contributed by atoms with E-state index < -0.39 is 9.84 Å². The van der Waals surface area contributed by atoms with Gasteiger partial charge >= 0.3 is 0 Å². The van der Waals surface area contributed by atoms with Gasteiger partial charge in [-0.3, -0.25) is 0 Å². The molecule has 2 aromatic rings. The average molecular weight is 287 g/mol. The Balaban J connectivity index is 2.26. The summed E-state index contributed by atoms with van der Waals surface area (Å²) < 4.78 is 25.5. The first-order valence-electron chi connectivity index (χ1n) is 6.56. The molecule has 0 aromatic heterocycles. The van der Waals surface area contributed by atoms with E-state index in [-0.39, 0.29) is 5.41 Å². The lowest BCUT2D eigenvalue weighted by Gasteiger charge is -2.25. The standard InChI is InChI=1S/C16H17NO2S/c1-16(2,3)11-8-9-13-15(10-11)20(18,19)14-7-5-4-6-12(14)17-13/h4-10,17H,1-3H3. The van der Waals surface area contributed by atoms with Crippen LogP contribution < -0.4 is 5.32 Å². The molecule has 0 saturated carbocycles. The number of hydrogen-bond acceptors (Lipinski definition) is 3. The maximum absolute atomic E-state index is 12.7. The maximum Gasteiger partial charge on any atom is 0.210 e. The van der Waals surface area contributed by atoms with Crippen LogP contribution in [0.15, 0.2) is 52.3 Å². The predicted octanol–water partition coefficient (Wildman–Crippen LogP) is 3.87. The Bertz CT molecular complexity index is 786. The lowest BCUT2D eigenvalue weighted by atomic mass is 9.87. The molecule has 1 N–H and O–H groups in total. The van der Waals surface area contributed by atoms with Crippen molar-refractivity contribution >= 4 is 21.2 Å². The monoisotopic (exact) mass is 287 g/mol. The number of rotatable bonds is 0. The minimum absolute atomic E-state index is 0.0818. The normalized spacial score (nSPS) is 15.9. The van der Waals surface area contributed by atoms with Crippen molar-refractivity contribution in [2.24, 2.45) is 0 Å². The Morgan fingerprint density at radius 2 is 1.55 bits per heavy atom. The van der Waals surface area contributed by atoms with Gasteiger partial charge in [-0.05, 0) is 35.2 Å². The van der Waals surface area contributed by atoms with Crippen molar-refractivity contribution < 1.29 is 8.42 Å². The van der Waals surface area contributed by atoms with Gasteiger partial charge in [0.1, 0.15) is 0 Å². The van der Waals surface area contributed by atoms with Crippen molar-refractivity contribution in [1.29, 1.82) is 0 Å². The number of sulfone groups is 1. The highest BCUT2D eigenvalue weighted by molar-refractivity contribution is 7.92. The van der Waals surface area contributed by atoms with E-state index >= 15 is 0 Å². The molecule has 20 heavy (non-hydrogen) atoms. The fourth-order valence-corrected chi connectivity index (χ4v) is 3.98. The molecule has 0 unspecified atom stereocenters.